The van der Waals surface area contributed by atoms with Gasteiger partial charge in [0.2, 0.25) is 0 Å². The first kappa shape index (κ1) is 16.2. The van der Waals surface area contributed by atoms with Gasteiger partial charge in [0.25, 0.3) is 5.82 Å². The molecule has 0 aliphatic rings. The second kappa shape index (κ2) is 6.28. The quantitative estimate of drug-likeness (QED) is 0.785. The molecular weight excluding hydrogens is 305 g/mol. The number of alkyl halides is 3. The van der Waals surface area contributed by atoms with Crippen LogP contribution in [-0.2, 0) is 15.7 Å². The van der Waals surface area contributed by atoms with E-state index in [1.807, 2.05) is 0 Å². The number of benzene rings is 1. The summed E-state index contributed by atoms with van der Waals surface area (Å²) in [5, 5.41) is 9.45. The van der Waals surface area contributed by atoms with Crippen LogP contribution >= 0.6 is 0 Å². The minimum atomic E-state index is -4.68. The maximum absolute atomic E-state index is 12.9. The molecule has 1 heterocycles. The lowest BCUT2D eigenvalue weighted by Gasteiger charge is -2.18. The fourth-order valence-corrected chi connectivity index (χ4v) is 1.93. The van der Waals surface area contributed by atoms with E-state index < -0.39 is 18.3 Å². The number of aromatic nitrogens is 4. The van der Waals surface area contributed by atoms with Crippen LogP contribution in [0.2, 0.25) is 0 Å². The van der Waals surface area contributed by atoms with Crippen molar-refractivity contribution in [1.29, 1.82) is 0 Å². The molecule has 10 heteroatoms. The highest BCUT2D eigenvalue weighted by Gasteiger charge is 2.38. The third-order valence-electron chi connectivity index (χ3n) is 2.86. The summed E-state index contributed by atoms with van der Waals surface area (Å²) in [7, 11) is 4.23. The van der Waals surface area contributed by atoms with E-state index in [0.717, 1.165) is 0 Å². The highest BCUT2D eigenvalue weighted by Crippen LogP contribution is 2.32. The van der Waals surface area contributed by atoms with Crippen LogP contribution in [0, 0.1) is 0 Å². The van der Waals surface area contributed by atoms with E-state index in [9.17, 15) is 13.2 Å². The van der Waals surface area contributed by atoms with Crippen molar-refractivity contribution in [3.63, 3.8) is 0 Å². The average Bonchev–Trinajstić information content (AvgIpc) is 2.98. The van der Waals surface area contributed by atoms with Gasteiger partial charge < -0.3 is 14.2 Å². The second-order valence-electron chi connectivity index (χ2n) is 4.14. The number of ether oxygens (including phenoxy) is 3. The number of halogens is 3. The number of rotatable bonds is 5. The van der Waals surface area contributed by atoms with Crippen LogP contribution in [-0.4, -0.2) is 41.5 Å². The lowest BCUT2D eigenvalue weighted by Crippen LogP contribution is -2.15. The van der Waals surface area contributed by atoms with Gasteiger partial charge in [-0.25, -0.2) is 0 Å². The van der Waals surface area contributed by atoms with Gasteiger partial charge in [-0.05, 0) is 28.6 Å². The topological polar surface area (TPSA) is 71.3 Å². The van der Waals surface area contributed by atoms with Gasteiger partial charge in [-0.3, -0.25) is 0 Å². The molecule has 1 aromatic heterocycles. The molecule has 0 unspecified atom stereocenters. The van der Waals surface area contributed by atoms with Crippen molar-refractivity contribution in [3.8, 4) is 11.4 Å². The Morgan fingerprint density at radius 3 is 2.36 bits per heavy atom. The van der Waals surface area contributed by atoms with Crippen LogP contribution in [0.15, 0.2) is 18.2 Å². The maximum atomic E-state index is 12.9. The first-order valence-electron chi connectivity index (χ1n) is 6.01. The Kier molecular flexibility index (Phi) is 4.62. The lowest BCUT2D eigenvalue weighted by molar-refractivity contribution is -0.146. The Labute approximate surface area is 123 Å². The number of hydrogen-bond donors (Lipinski definition) is 0. The van der Waals surface area contributed by atoms with Crippen LogP contribution in [0.25, 0.3) is 5.69 Å². The van der Waals surface area contributed by atoms with Crippen molar-refractivity contribution in [3.05, 3.63) is 29.6 Å². The summed E-state index contributed by atoms with van der Waals surface area (Å²) < 4.78 is 54.6. The minimum absolute atomic E-state index is 0.104. The SMILES string of the molecule is COc1ccc(-n2nnnc2C(F)(F)F)cc1C(OC)OC. The number of tetrazole rings is 1. The normalized spacial score (nSPS) is 12.0. The van der Waals surface area contributed by atoms with E-state index in [1.165, 1.54) is 39.5 Å². The van der Waals surface area contributed by atoms with E-state index in [-0.39, 0.29) is 5.69 Å². The van der Waals surface area contributed by atoms with Gasteiger partial charge in [0.1, 0.15) is 5.75 Å². The molecule has 0 atom stereocenters. The fraction of sp³-hybridized carbons (Fsp3) is 0.417. The molecule has 2 rings (SSSR count). The first-order valence-corrected chi connectivity index (χ1v) is 6.01. The summed E-state index contributed by atoms with van der Waals surface area (Å²) in [5.41, 5.74) is 0.515. The minimum Gasteiger partial charge on any atom is -0.496 e. The molecule has 1 aromatic carbocycles. The molecule has 0 spiro atoms. The van der Waals surface area contributed by atoms with Crippen LogP contribution in [0.4, 0.5) is 13.2 Å². The average molecular weight is 318 g/mol. The smallest absolute Gasteiger partial charge is 0.453 e. The molecule has 0 aliphatic heterocycles. The monoisotopic (exact) mass is 318 g/mol. The van der Waals surface area contributed by atoms with Crippen LogP contribution in [0.3, 0.4) is 0 Å². The van der Waals surface area contributed by atoms with Gasteiger partial charge in [0, 0.05) is 14.2 Å². The standard InChI is InChI=1S/C12H13F3N4O3/c1-20-9-5-4-7(6-8(9)10(21-2)22-3)19-11(12(13,14)15)16-17-18-19/h4-6,10H,1-3H3. The Morgan fingerprint density at radius 2 is 1.82 bits per heavy atom. The zero-order chi connectivity index (χ0) is 16.3. The molecule has 0 radical (unpaired) electrons. The molecule has 7 nitrogen and oxygen atoms in total. The summed E-state index contributed by atoms with van der Waals surface area (Å²) in [4.78, 5) is 0. The summed E-state index contributed by atoms with van der Waals surface area (Å²) in [5.74, 6) is -0.825. The summed E-state index contributed by atoms with van der Waals surface area (Å²) in [6.45, 7) is 0. The van der Waals surface area contributed by atoms with Crippen molar-refractivity contribution in [2.75, 3.05) is 21.3 Å². The van der Waals surface area contributed by atoms with Crippen molar-refractivity contribution in [1.82, 2.24) is 20.2 Å². The van der Waals surface area contributed by atoms with Gasteiger partial charge >= 0.3 is 6.18 Å². The summed E-state index contributed by atoms with van der Waals surface area (Å²) in [6, 6.07) is 4.29. The number of nitrogens with zero attached hydrogens (tertiary/aromatic N) is 4. The zero-order valence-corrected chi connectivity index (χ0v) is 12.0. The summed E-state index contributed by atoms with van der Waals surface area (Å²) in [6.07, 6.45) is -5.48. The molecule has 120 valence electrons. The Balaban J connectivity index is 2.54. The molecule has 0 saturated heterocycles. The second-order valence-corrected chi connectivity index (χ2v) is 4.14. The highest BCUT2D eigenvalue weighted by atomic mass is 19.4. The molecule has 0 aliphatic carbocycles. The largest absolute Gasteiger partial charge is 0.496 e. The van der Waals surface area contributed by atoms with E-state index in [2.05, 4.69) is 15.5 Å². The van der Waals surface area contributed by atoms with Gasteiger partial charge in [0.15, 0.2) is 6.29 Å². The Hall–Kier alpha value is -2.20. The molecule has 0 N–H and O–H groups in total. The first-order chi connectivity index (χ1) is 10.4. The third kappa shape index (κ3) is 3.02. The van der Waals surface area contributed by atoms with Gasteiger partial charge in [-0.1, -0.05) is 0 Å². The lowest BCUT2D eigenvalue weighted by atomic mass is 10.1. The van der Waals surface area contributed by atoms with Gasteiger partial charge in [-0.15, -0.1) is 5.10 Å². The van der Waals surface area contributed by atoms with E-state index >= 15 is 0 Å². The van der Waals surface area contributed by atoms with Crippen molar-refractivity contribution < 1.29 is 27.4 Å². The van der Waals surface area contributed by atoms with Crippen LogP contribution in [0.1, 0.15) is 17.7 Å². The molecule has 0 bridgehead atoms. The van der Waals surface area contributed by atoms with Crippen molar-refractivity contribution >= 4 is 0 Å². The van der Waals surface area contributed by atoms with Crippen molar-refractivity contribution in [2.45, 2.75) is 12.5 Å². The highest BCUT2D eigenvalue weighted by molar-refractivity contribution is 5.45. The van der Waals surface area contributed by atoms with Crippen molar-refractivity contribution in [2.24, 2.45) is 0 Å². The van der Waals surface area contributed by atoms with E-state index in [1.54, 1.807) is 0 Å². The van der Waals surface area contributed by atoms with Crippen LogP contribution < -0.4 is 4.74 Å². The number of hydrogen-bond acceptors (Lipinski definition) is 6. The zero-order valence-electron chi connectivity index (χ0n) is 12.0. The Bertz CT molecular complexity index is 641. The fourth-order valence-electron chi connectivity index (χ4n) is 1.93. The maximum Gasteiger partial charge on any atom is 0.453 e. The molecule has 2 aromatic rings. The Morgan fingerprint density at radius 1 is 1.14 bits per heavy atom. The molecule has 0 fully saturated rings. The van der Waals surface area contributed by atoms with Crippen LogP contribution in [0.5, 0.6) is 5.75 Å². The van der Waals surface area contributed by atoms with E-state index in [4.69, 9.17) is 14.2 Å². The van der Waals surface area contributed by atoms with E-state index in [0.29, 0.717) is 16.0 Å². The predicted molar refractivity (Wildman–Crippen MR) is 67.5 cm³/mol. The van der Waals surface area contributed by atoms with Gasteiger partial charge in [-0.2, -0.15) is 17.9 Å². The molecule has 0 amide bonds. The molecule has 22 heavy (non-hydrogen) atoms. The third-order valence-corrected chi connectivity index (χ3v) is 2.86. The molecular formula is C12H13F3N4O3. The summed E-state index contributed by atoms with van der Waals surface area (Å²) >= 11 is 0. The molecule has 0 saturated carbocycles. The number of methoxy groups -OCH3 is 3. The van der Waals surface area contributed by atoms with Gasteiger partial charge in [0.05, 0.1) is 18.4 Å². The predicted octanol–water partition coefficient (Wildman–Crippen LogP) is 1.98.